The maximum Gasteiger partial charge on any atom is 0.284 e. The lowest BCUT2D eigenvalue weighted by atomic mass is 9.93. The fourth-order valence-corrected chi connectivity index (χ4v) is 2.23. The average molecular weight is 290 g/mol. The number of nitrogens with one attached hydrogen (secondary N) is 1. The Labute approximate surface area is 119 Å². The summed E-state index contributed by atoms with van der Waals surface area (Å²) in [6.07, 6.45) is 2.08. The Morgan fingerprint density at radius 2 is 2.05 bits per heavy atom. The molecule has 2 heterocycles. The topological polar surface area (TPSA) is 55.0 Å². The van der Waals surface area contributed by atoms with Gasteiger partial charge in [0.25, 0.3) is 4.84 Å². The van der Waals surface area contributed by atoms with Gasteiger partial charge >= 0.3 is 0 Å². The number of aromatic amines is 1. The molecule has 6 heteroatoms. The molecule has 0 spiro atoms. The molecule has 2 aromatic heterocycles. The number of hydrogen-bond donors (Lipinski definition) is 1. The molecule has 3 rings (SSSR count). The maximum absolute atomic E-state index is 13.0. The predicted octanol–water partition coefficient (Wildman–Crippen LogP) is 3.84. The summed E-state index contributed by atoms with van der Waals surface area (Å²) in [5.74, 6) is 0.873. The second kappa shape index (κ2) is 5.42. The van der Waals surface area contributed by atoms with Gasteiger partial charge in [-0.05, 0) is 42.0 Å². The van der Waals surface area contributed by atoms with Gasteiger partial charge < -0.3 is 8.83 Å². The van der Waals surface area contributed by atoms with Crippen molar-refractivity contribution >= 4 is 12.2 Å². The molecule has 0 aliphatic carbocycles. The van der Waals surface area contributed by atoms with Crippen LogP contribution in [-0.2, 0) is 6.42 Å². The Hall–Kier alpha value is -2.21. The van der Waals surface area contributed by atoms with Crippen LogP contribution in [0.25, 0.3) is 0 Å². The summed E-state index contributed by atoms with van der Waals surface area (Å²) in [7, 11) is 0. The normalized spacial score (nSPS) is 12.4. The molecule has 102 valence electrons. The zero-order valence-electron chi connectivity index (χ0n) is 10.4. The number of benzene rings is 1. The quantitative estimate of drug-likeness (QED) is 0.742. The molecular weight excluding hydrogens is 279 g/mol. The van der Waals surface area contributed by atoms with E-state index < -0.39 is 0 Å². The van der Waals surface area contributed by atoms with Crippen molar-refractivity contribution in [3.8, 4) is 0 Å². The Kier molecular flexibility index (Phi) is 3.47. The molecule has 0 radical (unpaired) electrons. The van der Waals surface area contributed by atoms with Crippen LogP contribution in [0.1, 0.15) is 23.1 Å². The lowest BCUT2D eigenvalue weighted by Gasteiger charge is -2.12. The van der Waals surface area contributed by atoms with E-state index in [-0.39, 0.29) is 16.6 Å². The van der Waals surface area contributed by atoms with E-state index in [1.165, 1.54) is 12.1 Å². The van der Waals surface area contributed by atoms with Crippen LogP contribution in [0.5, 0.6) is 0 Å². The van der Waals surface area contributed by atoms with Crippen LogP contribution in [0.2, 0.25) is 0 Å². The Balaban J connectivity index is 1.95. The van der Waals surface area contributed by atoms with Crippen LogP contribution in [0.15, 0.2) is 51.5 Å². The third-order valence-electron chi connectivity index (χ3n) is 3.02. The van der Waals surface area contributed by atoms with Crippen LogP contribution in [0, 0.1) is 10.7 Å². The van der Waals surface area contributed by atoms with Gasteiger partial charge in [0.15, 0.2) is 0 Å². The molecule has 1 unspecified atom stereocenters. The van der Waals surface area contributed by atoms with Crippen LogP contribution >= 0.6 is 12.2 Å². The van der Waals surface area contributed by atoms with E-state index in [9.17, 15) is 4.39 Å². The van der Waals surface area contributed by atoms with E-state index in [0.29, 0.717) is 12.3 Å². The lowest BCUT2D eigenvalue weighted by Crippen LogP contribution is -2.04. The average Bonchev–Trinajstić information content (AvgIpc) is 3.09. The van der Waals surface area contributed by atoms with E-state index in [1.54, 1.807) is 18.4 Å². The minimum absolute atomic E-state index is 0.105. The molecule has 4 nitrogen and oxygen atoms in total. The summed E-state index contributed by atoms with van der Waals surface area (Å²) in [5.41, 5.74) is 0.922. The standard InChI is InChI=1S/C14H11FN2O2S/c15-10-5-3-9(4-6-10)11(12-2-1-7-18-12)8-13-16-17-14(20)19-13/h1-7,11H,8H2,(H,17,20). The highest BCUT2D eigenvalue weighted by molar-refractivity contribution is 7.71. The summed E-state index contributed by atoms with van der Waals surface area (Å²) >= 11 is 4.86. The Bertz CT molecular complexity index is 731. The van der Waals surface area contributed by atoms with Crippen molar-refractivity contribution in [2.75, 3.05) is 0 Å². The van der Waals surface area contributed by atoms with Crippen molar-refractivity contribution in [3.63, 3.8) is 0 Å². The second-order valence-electron chi connectivity index (χ2n) is 4.33. The minimum atomic E-state index is -0.274. The molecule has 0 bridgehead atoms. The van der Waals surface area contributed by atoms with Gasteiger partial charge in [-0.2, -0.15) is 0 Å². The van der Waals surface area contributed by atoms with Gasteiger partial charge in [-0.15, -0.1) is 5.10 Å². The molecule has 20 heavy (non-hydrogen) atoms. The number of rotatable bonds is 4. The summed E-state index contributed by atoms with van der Waals surface area (Å²) < 4.78 is 23.8. The van der Waals surface area contributed by atoms with Crippen molar-refractivity contribution in [3.05, 3.63) is 70.5 Å². The summed E-state index contributed by atoms with van der Waals surface area (Å²) in [5, 5.41) is 6.58. The Morgan fingerprint density at radius 1 is 1.25 bits per heavy atom. The van der Waals surface area contributed by atoms with Crippen molar-refractivity contribution in [1.82, 2.24) is 10.2 Å². The SMILES string of the molecule is Fc1ccc(C(Cc2n[nH]c(=S)o2)c2ccco2)cc1. The Morgan fingerprint density at radius 3 is 2.65 bits per heavy atom. The van der Waals surface area contributed by atoms with Crippen LogP contribution in [0.3, 0.4) is 0 Å². The van der Waals surface area contributed by atoms with E-state index in [4.69, 9.17) is 21.1 Å². The molecule has 0 aliphatic rings. The second-order valence-corrected chi connectivity index (χ2v) is 4.70. The molecule has 0 fully saturated rings. The lowest BCUT2D eigenvalue weighted by molar-refractivity contribution is 0.436. The molecule has 0 saturated heterocycles. The molecular formula is C14H11FN2O2S. The fourth-order valence-electron chi connectivity index (χ4n) is 2.09. The number of H-pyrrole nitrogens is 1. The van der Waals surface area contributed by atoms with Gasteiger partial charge in [0, 0.05) is 6.42 Å². The third-order valence-corrected chi connectivity index (χ3v) is 3.19. The molecule has 0 aliphatic heterocycles. The van der Waals surface area contributed by atoms with E-state index in [0.717, 1.165) is 11.3 Å². The molecule has 1 atom stereocenters. The highest BCUT2D eigenvalue weighted by atomic mass is 32.1. The summed E-state index contributed by atoms with van der Waals surface area (Å²) in [6, 6.07) is 9.98. The summed E-state index contributed by atoms with van der Waals surface area (Å²) in [4.78, 5) is 0.234. The number of aromatic nitrogens is 2. The first-order valence-corrected chi connectivity index (χ1v) is 6.46. The first-order valence-electron chi connectivity index (χ1n) is 6.05. The van der Waals surface area contributed by atoms with Crippen LogP contribution in [-0.4, -0.2) is 10.2 Å². The third kappa shape index (κ3) is 2.70. The smallest absolute Gasteiger partial charge is 0.284 e. The van der Waals surface area contributed by atoms with Crippen LogP contribution in [0.4, 0.5) is 4.39 Å². The van der Waals surface area contributed by atoms with Crippen molar-refractivity contribution in [2.45, 2.75) is 12.3 Å². The molecule has 3 aromatic rings. The van der Waals surface area contributed by atoms with Crippen LogP contribution < -0.4 is 0 Å². The van der Waals surface area contributed by atoms with Crippen molar-refractivity contribution < 1.29 is 13.2 Å². The largest absolute Gasteiger partial charge is 0.469 e. The first-order chi connectivity index (χ1) is 9.72. The van der Waals surface area contributed by atoms with Crippen molar-refractivity contribution in [1.29, 1.82) is 0 Å². The predicted molar refractivity (Wildman–Crippen MR) is 72.3 cm³/mol. The monoisotopic (exact) mass is 290 g/mol. The molecule has 0 saturated carbocycles. The molecule has 1 N–H and O–H groups in total. The maximum atomic E-state index is 13.0. The molecule has 1 aromatic carbocycles. The van der Waals surface area contributed by atoms with Crippen molar-refractivity contribution in [2.24, 2.45) is 0 Å². The first kappa shape index (κ1) is 12.8. The fraction of sp³-hybridized carbons (Fsp3) is 0.143. The van der Waals surface area contributed by atoms with E-state index >= 15 is 0 Å². The van der Waals surface area contributed by atoms with Gasteiger partial charge in [0.2, 0.25) is 5.89 Å². The van der Waals surface area contributed by atoms with Gasteiger partial charge in [-0.1, -0.05) is 12.1 Å². The van der Waals surface area contributed by atoms with E-state index in [1.807, 2.05) is 12.1 Å². The minimum Gasteiger partial charge on any atom is -0.469 e. The van der Waals surface area contributed by atoms with Gasteiger partial charge in [-0.25, -0.2) is 9.49 Å². The van der Waals surface area contributed by atoms with Gasteiger partial charge in [-0.3, -0.25) is 0 Å². The highest BCUT2D eigenvalue weighted by Gasteiger charge is 2.20. The van der Waals surface area contributed by atoms with Gasteiger partial charge in [0.05, 0.1) is 12.2 Å². The number of furan rings is 1. The zero-order valence-corrected chi connectivity index (χ0v) is 11.2. The number of nitrogens with zero attached hydrogens (tertiary/aromatic N) is 1. The highest BCUT2D eigenvalue weighted by Crippen LogP contribution is 2.28. The summed E-state index contributed by atoms with van der Waals surface area (Å²) in [6.45, 7) is 0. The van der Waals surface area contributed by atoms with E-state index in [2.05, 4.69) is 10.2 Å². The number of halogens is 1. The number of hydrogen-bond acceptors (Lipinski definition) is 4. The zero-order chi connectivity index (χ0) is 13.9. The van der Waals surface area contributed by atoms with Gasteiger partial charge in [0.1, 0.15) is 11.6 Å². The molecule has 0 amide bonds.